The molecule has 0 unspecified atom stereocenters. The molecule has 0 saturated carbocycles. The molecule has 0 aliphatic carbocycles. The van der Waals surface area contributed by atoms with Crippen LogP contribution in [0.1, 0.15) is 5.56 Å². The van der Waals surface area contributed by atoms with Gasteiger partial charge in [0.1, 0.15) is 5.82 Å². The van der Waals surface area contributed by atoms with E-state index in [1.54, 1.807) is 12.1 Å². The van der Waals surface area contributed by atoms with Crippen molar-refractivity contribution in [3.05, 3.63) is 34.6 Å². The molecule has 1 aromatic rings. The lowest BCUT2D eigenvalue weighted by molar-refractivity contribution is 0.628. The SMILES string of the molecule is Fc1ccc(CI)cc1Cl. The summed E-state index contributed by atoms with van der Waals surface area (Å²) in [6, 6.07) is 4.76. The summed E-state index contributed by atoms with van der Waals surface area (Å²) in [6.45, 7) is 0. The maximum absolute atomic E-state index is 12.5. The summed E-state index contributed by atoms with van der Waals surface area (Å²) in [5, 5.41) is 0.203. The highest BCUT2D eigenvalue weighted by atomic mass is 127. The lowest BCUT2D eigenvalue weighted by atomic mass is 10.2. The summed E-state index contributed by atoms with van der Waals surface area (Å²) in [5.41, 5.74) is 1.05. The first-order valence-corrected chi connectivity index (χ1v) is 4.64. The standard InChI is InChI=1S/C7H5ClFI/c8-6-3-5(4-10)1-2-7(6)9/h1-3H,4H2. The highest BCUT2D eigenvalue weighted by Gasteiger charge is 1.98. The van der Waals surface area contributed by atoms with Gasteiger partial charge in [-0.1, -0.05) is 40.3 Å². The van der Waals surface area contributed by atoms with Crippen molar-refractivity contribution in [3.63, 3.8) is 0 Å². The third-order valence-electron chi connectivity index (χ3n) is 1.14. The van der Waals surface area contributed by atoms with Crippen LogP contribution in [0.5, 0.6) is 0 Å². The quantitative estimate of drug-likeness (QED) is 0.542. The van der Waals surface area contributed by atoms with E-state index in [0.29, 0.717) is 0 Å². The predicted octanol–water partition coefficient (Wildman–Crippen LogP) is 3.41. The predicted molar refractivity (Wildman–Crippen MR) is 49.1 cm³/mol. The first-order valence-electron chi connectivity index (χ1n) is 2.74. The third kappa shape index (κ3) is 1.83. The van der Waals surface area contributed by atoms with E-state index in [4.69, 9.17) is 11.6 Å². The van der Waals surface area contributed by atoms with E-state index in [1.165, 1.54) is 6.07 Å². The van der Waals surface area contributed by atoms with Gasteiger partial charge in [-0.3, -0.25) is 0 Å². The lowest BCUT2D eigenvalue weighted by Gasteiger charge is -1.95. The number of alkyl halides is 1. The summed E-state index contributed by atoms with van der Waals surface area (Å²) in [7, 11) is 0. The van der Waals surface area contributed by atoms with Crippen LogP contribution in [0.15, 0.2) is 18.2 Å². The molecule has 0 amide bonds. The van der Waals surface area contributed by atoms with Crippen molar-refractivity contribution in [2.24, 2.45) is 0 Å². The molecule has 54 valence electrons. The van der Waals surface area contributed by atoms with E-state index in [9.17, 15) is 4.39 Å². The molecule has 10 heavy (non-hydrogen) atoms. The van der Waals surface area contributed by atoms with Gasteiger partial charge < -0.3 is 0 Å². The molecule has 0 saturated heterocycles. The van der Waals surface area contributed by atoms with Crippen molar-refractivity contribution >= 4 is 34.2 Å². The van der Waals surface area contributed by atoms with Crippen molar-refractivity contribution in [2.75, 3.05) is 0 Å². The lowest BCUT2D eigenvalue weighted by Crippen LogP contribution is -1.79. The maximum Gasteiger partial charge on any atom is 0.141 e. The minimum absolute atomic E-state index is 0.203. The molecular formula is C7H5ClFI. The van der Waals surface area contributed by atoms with Crippen molar-refractivity contribution in [1.29, 1.82) is 0 Å². The van der Waals surface area contributed by atoms with Gasteiger partial charge in [0.05, 0.1) is 5.02 Å². The molecule has 0 heterocycles. The fourth-order valence-electron chi connectivity index (χ4n) is 0.623. The molecule has 0 radical (unpaired) electrons. The minimum Gasteiger partial charge on any atom is -0.205 e. The molecule has 0 atom stereocenters. The maximum atomic E-state index is 12.5. The Hall–Kier alpha value is 0.170. The summed E-state index contributed by atoms with van der Waals surface area (Å²) in [6.07, 6.45) is 0. The van der Waals surface area contributed by atoms with Crippen LogP contribution in [0.25, 0.3) is 0 Å². The number of hydrogen-bond acceptors (Lipinski definition) is 0. The van der Waals surface area contributed by atoms with E-state index in [-0.39, 0.29) is 10.8 Å². The molecule has 1 rings (SSSR count). The highest BCUT2D eigenvalue weighted by molar-refractivity contribution is 14.1. The zero-order valence-electron chi connectivity index (χ0n) is 5.07. The average Bonchev–Trinajstić information content (AvgIpc) is 1.95. The molecule has 0 bridgehead atoms. The molecule has 0 aliphatic heterocycles. The molecule has 0 aromatic heterocycles. The van der Waals surface area contributed by atoms with Crippen LogP contribution in [0.4, 0.5) is 4.39 Å². The summed E-state index contributed by atoms with van der Waals surface area (Å²) in [4.78, 5) is 0. The smallest absolute Gasteiger partial charge is 0.141 e. The molecule has 1 aromatic carbocycles. The van der Waals surface area contributed by atoms with E-state index in [0.717, 1.165) is 9.99 Å². The molecule has 0 spiro atoms. The number of halogens is 3. The molecule has 0 fully saturated rings. The van der Waals surface area contributed by atoms with Crippen molar-refractivity contribution < 1.29 is 4.39 Å². The first kappa shape index (κ1) is 8.27. The second kappa shape index (κ2) is 3.53. The van der Waals surface area contributed by atoms with Crippen molar-refractivity contribution in [2.45, 2.75) is 4.43 Å². The monoisotopic (exact) mass is 270 g/mol. The Kier molecular flexibility index (Phi) is 2.92. The molecule has 0 nitrogen and oxygen atoms in total. The largest absolute Gasteiger partial charge is 0.205 e. The van der Waals surface area contributed by atoms with E-state index in [1.807, 2.05) is 0 Å². The van der Waals surface area contributed by atoms with E-state index < -0.39 is 0 Å². The highest BCUT2D eigenvalue weighted by Crippen LogP contribution is 2.17. The average molecular weight is 270 g/mol. The van der Waals surface area contributed by atoms with Gasteiger partial charge in [-0.2, -0.15) is 0 Å². The van der Waals surface area contributed by atoms with Gasteiger partial charge >= 0.3 is 0 Å². The van der Waals surface area contributed by atoms with Gasteiger partial charge in [-0.15, -0.1) is 0 Å². The Morgan fingerprint density at radius 1 is 1.50 bits per heavy atom. The van der Waals surface area contributed by atoms with E-state index >= 15 is 0 Å². The summed E-state index contributed by atoms with van der Waals surface area (Å²) in [5.74, 6) is -0.352. The van der Waals surface area contributed by atoms with Crippen molar-refractivity contribution in [3.8, 4) is 0 Å². The number of benzene rings is 1. The van der Waals surface area contributed by atoms with Crippen LogP contribution in [0.3, 0.4) is 0 Å². The second-order valence-corrected chi connectivity index (χ2v) is 3.05. The van der Waals surface area contributed by atoms with Crippen molar-refractivity contribution in [1.82, 2.24) is 0 Å². The zero-order valence-corrected chi connectivity index (χ0v) is 7.99. The van der Waals surface area contributed by atoms with Gasteiger partial charge in [0.2, 0.25) is 0 Å². The van der Waals surface area contributed by atoms with Crippen LogP contribution < -0.4 is 0 Å². The normalized spacial score (nSPS) is 9.90. The summed E-state index contributed by atoms with van der Waals surface area (Å²) >= 11 is 7.71. The molecule has 3 heteroatoms. The third-order valence-corrected chi connectivity index (χ3v) is 2.31. The zero-order chi connectivity index (χ0) is 7.56. The van der Waals surface area contributed by atoms with Gasteiger partial charge in [-0.05, 0) is 17.7 Å². The summed E-state index contributed by atoms with van der Waals surface area (Å²) < 4.78 is 13.4. The van der Waals surface area contributed by atoms with Crippen LogP contribution in [-0.4, -0.2) is 0 Å². The molecule has 0 N–H and O–H groups in total. The fraction of sp³-hybridized carbons (Fsp3) is 0.143. The topological polar surface area (TPSA) is 0 Å². The second-order valence-electron chi connectivity index (χ2n) is 1.88. The molecule has 0 aliphatic rings. The van der Waals surface area contributed by atoms with Gasteiger partial charge in [0.15, 0.2) is 0 Å². The van der Waals surface area contributed by atoms with Gasteiger partial charge in [0.25, 0.3) is 0 Å². The molecular weight excluding hydrogens is 265 g/mol. The van der Waals surface area contributed by atoms with Crippen LogP contribution in [0, 0.1) is 5.82 Å². The van der Waals surface area contributed by atoms with Gasteiger partial charge in [0, 0.05) is 4.43 Å². The van der Waals surface area contributed by atoms with E-state index in [2.05, 4.69) is 22.6 Å². The van der Waals surface area contributed by atoms with Crippen LogP contribution in [-0.2, 0) is 4.43 Å². The number of hydrogen-bond donors (Lipinski definition) is 0. The van der Waals surface area contributed by atoms with Gasteiger partial charge in [-0.25, -0.2) is 4.39 Å². The Morgan fingerprint density at radius 2 is 2.20 bits per heavy atom. The fourth-order valence-corrected chi connectivity index (χ4v) is 1.30. The van der Waals surface area contributed by atoms with Crippen LogP contribution in [0.2, 0.25) is 5.02 Å². The Bertz CT molecular complexity index is 237. The Morgan fingerprint density at radius 3 is 2.70 bits per heavy atom. The first-order chi connectivity index (χ1) is 4.74. The Balaban J connectivity index is 3.04. The number of rotatable bonds is 1. The van der Waals surface area contributed by atoms with Crippen LogP contribution >= 0.6 is 34.2 Å². The minimum atomic E-state index is -0.352. The Labute approximate surface area is 77.5 Å².